The first-order chi connectivity index (χ1) is 7.56. The normalized spacial score (nSPS) is 10.7. The summed E-state index contributed by atoms with van der Waals surface area (Å²) < 4.78 is 18.7. The molecule has 0 aliphatic rings. The lowest BCUT2D eigenvalue weighted by Gasteiger charge is -2.00. The molecule has 0 bridgehead atoms. The molecule has 16 heavy (non-hydrogen) atoms. The quantitative estimate of drug-likeness (QED) is 0.791. The molecule has 0 saturated heterocycles. The molecular weight excluding hydrogens is 279 g/mol. The predicted molar refractivity (Wildman–Crippen MR) is 61.7 cm³/mol. The highest BCUT2D eigenvalue weighted by atomic mass is 79.9. The zero-order valence-corrected chi connectivity index (χ0v) is 9.89. The molecule has 6 heteroatoms. The fraction of sp³-hybridized carbons (Fsp3) is 0.100. The maximum Gasteiger partial charge on any atom is 0.342 e. The molecule has 1 aromatic carbocycles. The maximum absolute atomic E-state index is 13.8. The number of fused-ring (bicyclic) bond motifs is 1. The van der Waals surface area contributed by atoms with Crippen LogP contribution in [0, 0.1) is 5.82 Å². The van der Waals surface area contributed by atoms with E-state index in [1.165, 1.54) is 13.2 Å². The van der Waals surface area contributed by atoms with Crippen molar-refractivity contribution in [1.82, 2.24) is 4.98 Å². The minimum absolute atomic E-state index is 0.0244. The predicted octanol–water partition coefficient (Wildman–Crippen LogP) is 2.44. The fourth-order valence-electron chi connectivity index (χ4n) is 1.56. The molecule has 3 N–H and O–H groups in total. The minimum Gasteiger partial charge on any atom is -0.465 e. The number of carbonyl (C=O) groups is 1. The van der Waals surface area contributed by atoms with Crippen molar-refractivity contribution in [2.45, 2.75) is 0 Å². The molecular formula is C10H8BrFN2O2. The average molecular weight is 287 g/mol. The van der Waals surface area contributed by atoms with E-state index in [4.69, 9.17) is 5.73 Å². The van der Waals surface area contributed by atoms with Gasteiger partial charge in [0.1, 0.15) is 17.2 Å². The first kappa shape index (κ1) is 10.9. The van der Waals surface area contributed by atoms with Crippen LogP contribution >= 0.6 is 15.9 Å². The third-order valence-electron chi connectivity index (χ3n) is 2.27. The Morgan fingerprint density at radius 2 is 2.25 bits per heavy atom. The second-order valence-electron chi connectivity index (χ2n) is 3.19. The van der Waals surface area contributed by atoms with Crippen LogP contribution in [0.25, 0.3) is 10.9 Å². The summed E-state index contributed by atoms with van der Waals surface area (Å²) in [6, 6.07) is 3.17. The van der Waals surface area contributed by atoms with Crippen molar-refractivity contribution in [3.05, 3.63) is 28.0 Å². The number of H-pyrrole nitrogens is 1. The smallest absolute Gasteiger partial charge is 0.342 e. The number of carbonyl (C=O) groups excluding carboxylic acids is 1. The number of aromatic nitrogens is 1. The van der Waals surface area contributed by atoms with E-state index in [9.17, 15) is 9.18 Å². The number of rotatable bonds is 1. The third kappa shape index (κ3) is 1.46. The Labute approximate surface area is 98.7 Å². The van der Waals surface area contributed by atoms with E-state index >= 15 is 0 Å². The van der Waals surface area contributed by atoms with Gasteiger partial charge in [-0.2, -0.15) is 0 Å². The van der Waals surface area contributed by atoms with E-state index in [2.05, 4.69) is 25.7 Å². The Bertz CT molecular complexity index is 580. The van der Waals surface area contributed by atoms with Crippen LogP contribution in [0.2, 0.25) is 0 Å². The summed E-state index contributed by atoms with van der Waals surface area (Å²) in [5.74, 6) is -1.11. The fourth-order valence-corrected chi connectivity index (χ4v) is 1.89. The van der Waals surface area contributed by atoms with Gasteiger partial charge in [-0.05, 0) is 28.1 Å². The van der Waals surface area contributed by atoms with Gasteiger partial charge in [0.2, 0.25) is 0 Å². The van der Waals surface area contributed by atoms with Crippen molar-refractivity contribution < 1.29 is 13.9 Å². The van der Waals surface area contributed by atoms with Crippen LogP contribution in [0.1, 0.15) is 10.4 Å². The summed E-state index contributed by atoms with van der Waals surface area (Å²) in [5, 5.41) is 0.138. The third-order valence-corrected chi connectivity index (χ3v) is 2.89. The molecule has 0 aliphatic heterocycles. The molecule has 2 rings (SSSR count). The summed E-state index contributed by atoms with van der Waals surface area (Å²) >= 11 is 3.05. The van der Waals surface area contributed by atoms with E-state index in [1.54, 1.807) is 6.07 Å². The molecule has 1 aromatic heterocycles. The number of methoxy groups -OCH3 is 1. The SMILES string of the molecule is COC(=O)c1c(N)[nH]c2ccc(Br)c(F)c12. The molecule has 0 unspecified atom stereocenters. The van der Waals surface area contributed by atoms with Gasteiger partial charge in [0, 0.05) is 0 Å². The molecule has 0 amide bonds. The standard InChI is InChI=1S/C10H8BrFN2O2/c1-16-10(15)7-6-5(14-9(7)13)3-2-4(11)8(6)12/h2-3,14H,13H2,1H3. The Morgan fingerprint density at radius 1 is 1.56 bits per heavy atom. The highest BCUT2D eigenvalue weighted by Gasteiger charge is 2.21. The van der Waals surface area contributed by atoms with Crippen molar-refractivity contribution in [2.75, 3.05) is 12.8 Å². The van der Waals surface area contributed by atoms with E-state index < -0.39 is 11.8 Å². The number of esters is 1. The number of benzene rings is 1. The maximum atomic E-state index is 13.8. The zero-order valence-electron chi connectivity index (χ0n) is 8.30. The first-order valence-corrected chi connectivity index (χ1v) is 5.19. The van der Waals surface area contributed by atoms with Crippen LogP contribution in [-0.2, 0) is 4.74 Å². The summed E-state index contributed by atoms with van der Waals surface area (Å²) in [6.45, 7) is 0. The highest BCUT2D eigenvalue weighted by Crippen LogP contribution is 2.31. The van der Waals surface area contributed by atoms with Gasteiger partial charge in [-0.3, -0.25) is 0 Å². The lowest BCUT2D eigenvalue weighted by atomic mass is 10.1. The van der Waals surface area contributed by atoms with Gasteiger partial charge in [0.15, 0.2) is 0 Å². The van der Waals surface area contributed by atoms with Crippen molar-refractivity contribution >= 4 is 38.6 Å². The second kappa shape index (κ2) is 3.79. The number of nitrogens with one attached hydrogen (secondary N) is 1. The number of ether oxygens (including phenoxy) is 1. The van der Waals surface area contributed by atoms with Crippen LogP contribution in [0.3, 0.4) is 0 Å². The van der Waals surface area contributed by atoms with Gasteiger partial charge in [0.05, 0.1) is 22.5 Å². The van der Waals surface area contributed by atoms with Crippen molar-refractivity contribution in [1.29, 1.82) is 0 Å². The molecule has 2 aromatic rings. The molecule has 0 fully saturated rings. The lowest BCUT2D eigenvalue weighted by molar-refractivity contribution is 0.0604. The minimum atomic E-state index is -0.666. The van der Waals surface area contributed by atoms with Gasteiger partial charge in [-0.25, -0.2) is 9.18 Å². The topological polar surface area (TPSA) is 68.1 Å². The number of hydrogen-bond acceptors (Lipinski definition) is 3. The molecule has 0 spiro atoms. The van der Waals surface area contributed by atoms with Crippen molar-refractivity contribution in [2.24, 2.45) is 0 Å². The number of nitrogens with two attached hydrogens (primary N) is 1. The number of halogens is 2. The largest absolute Gasteiger partial charge is 0.465 e. The van der Waals surface area contributed by atoms with Crippen LogP contribution < -0.4 is 5.73 Å². The van der Waals surface area contributed by atoms with Gasteiger partial charge < -0.3 is 15.5 Å². The van der Waals surface area contributed by atoms with Gasteiger partial charge >= 0.3 is 5.97 Å². The average Bonchev–Trinajstić information content (AvgIpc) is 2.60. The van der Waals surface area contributed by atoms with Gasteiger partial charge in [0.25, 0.3) is 0 Å². The number of aromatic amines is 1. The van der Waals surface area contributed by atoms with Crippen LogP contribution in [0.5, 0.6) is 0 Å². The molecule has 1 heterocycles. The molecule has 0 aliphatic carbocycles. The summed E-state index contributed by atoms with van der Waals surface area (Å²) in [6.07, 6.45) is 0. The van der Waals surface area contributed by atoms with Crippen molar-refractivity contribution in [3.8, 4) is 0 Å². The summed E-state index contributed by atoms with van der Waals surface area (Å²) in [5.41, 5.74) is 6.09. The molecule has 0 atom stereocenters. The molecule has 0 radical (unpaired) electrons. The zero-order chi connectivity index (χ0) is 11.9. The second-order valence-corrected chi connectivity index (χ2v) is 4.04. The summed E-state index contributed by atoms with van der Waals surface area (Å²) in [4.78, 5) is 14.2. The molecule has 84 valence electrons. The monoisotopic (exact) mass is 286 g/mol. The first-order valence-electron chi connectivity index (χ1n) is 4.39. The highest BCUT2D eigenvalue weighted by molar-refractivity contribution is 9.10. The lowest BCUT2D eigenvalue weighted by Crippen LogP contribution is -2.04. The van der Waals surface area contributed by atoms with Crippen LogP contribution in [0.15, 0.2) is 16.6 Å². The van der Waals surface area contributed by atoms with Crippen LogP contribution in [0.4, 0.5) is 10.2 Å². The Hall–Kier alpha value is -1.56. The Morgan fingerprint density at radius 3 is 2.88 bits per heavy atom. The van der Waals surface area contributed by atoms with Crippen LogP contribution in [-0.4, -0.2) is 18.1 Å². The van der Waals surface area contributed by atoms with E-state index in [0.29, 0.717) is 5.52 Å². The number of nitrogen functional groups attached to an aromatic ring is 1. The van der Waals surface area contributed by atoms with E-state index in [-0.39, 0.29) is 21.2 Å². The van der Waals surface area contributed by atoms with E-state index in [0.717, 1.165) is 0 Å². The van der Waals surface area contributed by atoms with E-state index in [1.807, 2.05) is 0 Å². The summed E-state index contributed by atoms with van der Waals surface area (Å²) in [7, 11) is 1.22. The molecule has 4 nitrogen and oxygen atoms in total. The Balaban J connectivity index is 2.86. The molecule has 0 saturated carbocycles. The Kier molecular flexibility index (Phi) is 2.59. The van der Waals surface area contributed by atoms with Gasteiger partial charge in [-0.15, -0.1) is 0 Å². The van der Waals surface area contributed by atoms with Gasteiger partial charge in [-0.1, -0.05) is 0 Å². The number of hydrogen-bond donors (Lipinski definition) is 2. The van der Waals surface area contributed by atoms with Crippen molar-refractivity contribution in [3.63, 3.8) is 0 Å². The number of anilines is 1.